The molecule has 0 amide bonds. The molecule has 0 heteroatoms. The highest BCUT2D eigenvalue weighted by molar-refractivity contribution is 6.08. The molecule has 0 heterocycles. The van der Waals surface area contributed by atoms with E-state index in [1.54, 1.807) is 0 Å². The van der Waals surface area contributed by atoms with Crippen LogP contribution in [0.4, 0.5) is 0 Å². The summed E-state index contributed by atoms with van der Waals surface area (Å²) in [7, 11) is 0. The largest absolute Gasteiger partial charge is 0.0616 e. The number of hydrogen-bond acceptors (Lipinski definition) is 0. The average molecular weight is 649 g/mol. The molecule has 240 valence electrons. The molecule has 0 atom stereocenters. The highest BCUT2D eigenvalue weighted by atomic mass is 14.4. The lowest BCUT2D eigenvalue weighted by Gasteiger charge is -2.22. The molecule has 0 aromatic heterocycles. The van der Waals surface area contributed by atoms with E-state index >= 15 is 0 Å². The molecule has 0 radical (unpaired) electrons. The second-order valence-corrected chi connectivity index (χ2v) is 14.5. The van der Waals surface area contributed by atoms with Crippen molar-refractivity contribution >= 4 is 32.3 Å². The maximum atomic E-state index is 2.42. The van der Waals surface area contributed by atoms with Crippen molar-refractivity contribution in [3.63, 3.8) is 0 Å². The molecular weight excluding hydrogens is 613 g/mol. The minimum absolute atomic E-state index is 0.104. The maximum Gasteiger partial charge on any atom is 0.0159 e. The predicted octanol–water partition coefficient (Wildman–Crippen LogP) is 14.1. The third kappa shape index (κ3) is 4.83. The van der Waals surface area contributed by atoms with Crippen molar-refractivity contribution in [1.82, 2.24) is 0 Å². The lowest BCUT2D eigenvalue weighted by molar-refractivity contribution is 0.661. The van der Waals surface area contributed by atoms with Crippen molar-refractivity contribution in [2.24, 2.45) is 0 Å². The molecule has 51 heavy (non-hydrogen) atoms. The van der Waals surface area contributed by atoms with E-state index in [0.717, 1.165) is 0 Å². The quantitative estimate of drug-likeness (QED) is 0.167. The van der Waals surface area contributed by atoms with Crippen LogP contribution in [-0.2, 0) is 5.41 Å². The summed E-state index contributed by atoms with van der Waals surface area (Å²) in [6.07, 6.45) is 0. The van der Waals surface area contributed by atoms with Gasteiger partial charge in [0.2, 0.25) is 0 Å². The summed E-state index contributed by atoms with van der Waals surface area (Å²) in [5, 5.41) is 7.72. The van der Waals surface area contributed by atoms with E-state index in [-0.39, 0.29) is 5.41 Å². The van der Waals surface area contributed by atoms with Gasteiger partial charge in [0, 0.05) is 5.41 Å². The minimum atomic E-state index is -0.104. The summed E-state index contributed by atoms with van der Waals surface area (Å²) < 4.78 is 0. The number of benzene rings is 9. The third-order valence-corrected chi connectivity index (χ3v) is 11.3. The monoisotopic (exact) mass is 648 g/mol. The van der Waals surface area contributed by atoms with E-state index in [1.165, 1.54) is 99.1 Å². The summed E-state index contributed by atoms with van der Waals surface area (Å²) in [6.45, 7) is 4.75. The van der Waals surface area contributed by atoms with Gasteiger partial charge in [-0.3, -0.25) is 0 Å². The highest BCUT2D eigenvalue weighted by Gasteiger charge is 2.35. The van der Waals surface area contributed by atoms with Gasteiger partial charge in [0.1, 0.15) is 0 Å². The van der Waals surface area contributed by atoms with E-state index in [2.05, 4.69) is 196 Å². The molecule has 0 saturated heterocycles. The van der Waals surface area contributed by atoms with Gasteiger partial charge < -0.3 is 0 Å². The first kappa shape index (κ1) is 29.7. The topological polar surface area (TPSA) is 0 Å². The van der Waals surface area contributed by atoms with Gasteiger partial charge in [-0.15, -0.1) is 0 Å². The molecule has 0 N–H and O–H groups in total. The Bertz CT molecular complexity index is 2790. The van der Waals surface area contributed by atoms with E-state index in [0.29, 0.717) is 0 Å². The Balaban J connectivity index is 0.944. The first-order chi connectivity index (χ1) is 25.0. The fourth-order valence-electron chi connectivity index (χ4n) is 8.45. The Morgan fingerprint density at radius 1 is 0.275 bits per heavy atom. The normalized spacial score (nSPS) is 13.1. The number of fused-ring (bicyclic) bond motifs is 7. The van der Waals surface area contributed by atoms with Crippen molar-refractivity contribution in [2.45, 2.75) is 19.3 Å². The summed E-state index contributed by atoms with van der Waals surface area (Å²) in [6, 6.07) is 67.4. The summed E-state index contributed by atoms with van der Waals surface area (Å²) in [4.78, 5) is 0. The zero-order chi connectivity index (χ0) is 34.1. The van der Waals surface area contributed by atoms with E-state index < -0.39 is 0 Å². The first-order valence-corrected chi connectivity index (χ1v) is 17.9. The van der Waals surface area contributed by atoms with Gasteiger partial charge in [-0.25, -0.2) is 0 Å². The molecule has 0 fully saturated rings. The first-order valence-electron chi connectivity index (χ1n) is 17.9. The zero-order valence-corrected chi connectivity index (χ0v) is 28.8. The fraction of sp³-hybridized carbons (Fsp3) is 0.0588. The van der Waals surface area contributed by atoms with Gasteiger partial charge in [-0.2, -0.15) is 0 Å². The van der Waals surface area contributed by atoms with E-state index in [4.69, 9.17) is 0 Å². The van der Waals surface area contributed by atoms with Crippen molar-refractivity contribution in [3.8, 4) is 55.6 Å². The highest BCUT2D eigenvalue weighted by Crippen LogP contribution is 2.50. The zero-order valence-electron chi connectivity index (χ0n) is 28.8. The number of rotatable bonds is 4. The van der Waals surface area contributed by atoms with Crippen LogP contribution in [0.5, 0.6) is 0 Å². The Labute approximate surface area is 299 Å². The molecule has 0 saturated carbocycles. The Morgan fingerprint density at radius 3 is 1.29 bits per heavy atom. The molecule has 0 aliphatic heterocycles. The minimum Gasteiger partial charge on any atom is -0.0616 e. The second-order valence-electron chi connectivity index (χ2n) is 14.5. The van der Waals surface area contributed by atoms with E-state index in [1.807, 2.05) is 0 Å². The fourth-order valence-corrected chi connectivity index (χ4v) is 8.45. The van der Waals surface area contributed by atoms with Gasteiger partial charge in [0.25, 0.3) is 0 Å². The van der Waals surface area contributed by atoms with Crippen LogP contribution in [0.1, 0.15) is 25.0 Å². The van der Waals surface area contributed by atoms with Crippen LogP contribution in [-0.4, -0.2) is 0 Å². The van der Waals surface area contributed by atoms with Gasteiger partial charge in [-0.05, 0) is 117 Å². The molecule has 1 aliphatic carbocycles. The predicted molar refractivity (Wildman–Crippen MR) is 218 cm³/mol. The third-order valence-electron chi connectivity index (χ3n) is 11.3. The number of hydrogen-bond donors (Lipinski definition) is 0. The SMILES string of the molecule is CC1(C)c2cc(-c3ccc(-c4ccc5ccc6ccccc6c5c4)cc3)ccc2-c2ccc(-c3ccc(-c4cccc5ccccc45)cc3)cc21. The van der Waals surface area contributed by atoms with Crippen LogP contribution in [0.15, 0.2) is 182 Å². The standard InChI is InChI=1S/C51H36/c1-51(2)49-31-41(34-16-14-33(15-17-34)40-25-24-39-23-22-37-9-4-6-12-45(37)48(39)30-40)26-28-46(49)47-29-27-42(32-50(47)51)35-18-20-38(21-19-35)44-13-7-10-36-8-3-5-11-43(36)44/h3-32H,1-2H3. The smallest absolute Gasteiger partial charge is 0.0159 e. The Hall–Kier alpha value is -6.24. The Kier molecular flexibility index (Phi) is 6.63. The summed E-state index contributed by atoms with van der Waals surface area (Å²) >= 11 is 0. The van der Waals surface area contributed by atoms with Gasteiger partial charge in [-0.1, -0.05) is 178 Å². The van der Waals surface area contributed by atoms with Gasteiger partial charge >= 0.3 is 0 Å². The van der Waals surface area contributed by atoms with Crippen LogP contribution < -0.4 is 0 Å². The van der Waals surface area contributed by atoms with Crippen molar-refractivity contribution in [1.29, 1.82) is 0 Å². The van der Waals surface area contributed by atoms with Crippen LogP contribution in [0.3, 0.4) is 0 Å². The van der Waals surface area contributed by atoms with Crippen molar-refractivity contribution < 1.29 is 0 Å². The molecule has 1 aliphatic rings. The molecule has 9 aromatic carbocycles. The molecule has 0 bridgehead atoms. The van der Waals surface area contributed by atoms with Crippen LogP contribution in [0, 0.1) is 0 Å². The molecular formula is C51H36. The molecule has 10 rings (SSSR count). The van der Waals surface area contributed by atoms with Crippen molar-refractivity contribution in [3.05, 3.63) is 193 Å². The van der Waals surface area contributed by atoms with E-state index in [9.17, 15) is 0 Å². The average Bonchev–Trinajstić information content (AvgIpc) is 3.42. The van der Waals surface area contributed by atoms with Crippen LogP contribution in [0.25, 0.3) is 88.0 Å². The molecule has 0 spiro atoms. The van der Waals surface area contributed by atoms with Gasteiger partial charge in [0.05, 0.1) is 0 Å². The lowest BCUT2D eigenvalue weighted by atomic mass is 9.80. The molecule has 9 aromatic rings. The van der Waals surface area contributed by atoms with Crippen LogP contribution in [0.2, 0.25) is 0 Å². The van der Waals surface area contributed by atoms with Gasteiger partial charge in [0.15, 0.2) is 0 Å². The molecule has 0 nitrogen and oxygen atoms in total. The second kappa shape index (κ2) is 11.4. The lowest BCUT2D eigenvalue weighted by Crippen LogP contribution is -2.15. The summed E-state index contributed by atoms with van der Waals surface area (Å²) in [5.41, 5.74) is 15.4. The van der Waals surface area contributed by atoms with Crippen LogP contribution >= 0.6 is 0 Å². The summed E-state index contributed by atoms with van der Waals surface area (Å²) in [5.74, 6) is 0. The maximum absolute atomic E-state index is 2.42. The molecule has 0 unspecified atom stereocenters. The van der Waals surface area contributed by atoms with Crippen molar-refractivity contribution in [2.75, 3.05) is 0 Å². The Morgan fingerprint density at radius 2 is 0.686 bits per heavy atom.